The fraction of sp³-hybridized carbons (Fsp3) is 0.529. The molecule has 0 unspecified atom stereocenters. The van der Waals surface area contributed by atoms with E-state index in [-0.39, 0.29) is 18.9 Å². The molecule has 1 atom stereocenters. The van der Waals surface area contributed by atoms with Crippen LogP contribution in [0.15, 0.2) is 23.1 Å². The van der Waals surface area contributed by atoms with Gasteiger partial charge in [-0.3, -0.25) is 9.78 Å². The van der Waals surface area contributed by atoms with Crippen molar-refractivity contribution in [1.82, 2.24) is 20.0 Å². The van der Waals surface area contributed by atoms with E-state index in [1.807, 2.05) is 11.8 Å². The summed E-state index contributed by atoms with van der Waals surface area (Å²) in [5, 5.41) is 14.7. The van der Waals surface area contributed by atoms with E-state index in [1.54, 1.807) is 37.5 Å². The summed E-state index contributed by atoms with van der Waals surface area (Å²) in [5.41, 5.74) is 0.588. The number of hydrogen-bond acceptors (Lipinski definition) is 7. The zero-order valence-electron chi connectivity index (χ0n) is 14.8. The number of rotatable bonds is 5. The van der Waals surface area contributed by atoms with Gasteiger partial charge in [-0.15, -0.1) is 0 Å². The van der Waals surface area contributed by atoms with Crippen molar-refractivity contribution in [1.29, 1.82) is 0 Å². The number of likely N-dealkylation sites (N-methyl/N-ethyl adjacent to an activating group) is 1. The first-order valence-electron chi connectivity index (χ1n) is 8.27. The maximum Gasteiger partial charge on any atom is 0.227 e. The number of aryl methyl sites for hydroxylation is 2. The van der Waals surface area contributed by atoms with Crippen LogP contribution >= 0.6 is 0 Å². The Kier molecular flexibility index (Phi) is 4.71. The lowest BCUT2D eigenvalue weighted by molar-refractivity contribution is -0.132. The molecule has 8 nitrogen and oxygen atoms in total. The lowest BCUT2D eigenvalue weighted by Crippen LogP contribution is -2.46. The fourth-order valence-electron chi connectivity index (χ4n) is 3.21. The number of aliphatic hydroxyl groups is 1. The van der Waals surface area contributed by atoms with E-state index in [0.717, 1.165) is 17.1 Å². The topological polar surface area (TPSA) is 95.6 Å². The highest BCUT2D eigenvalue weighted by atomic mass is 16.5. The first-order chi connectivity index (χ1) is 11.9. The van der Waals surface area contributed by atoms with Gasteiger partial charge in [-0.25, -0.2) is 4.98 Å². The molecule has 0 bridgehead atoms. The van der Waals surface area contributed by atoms with Gasteiger partial charge in [0.15, 0.2) is 0 Å². The molecule has 0 radical (unpaired) electrons. The molecule has 2 aromatic rings. The van der Waals surface area contributed by atoms with Crippen LogP contribution < -0.4 is 4.90 Å². The highest BCUT2D eigenvalue weighted by Crippen LogP contribution is 2.26. The minimum atomic E-state index is -0.958. The van der Waals surface area contributed by atoms with Crippen molar-refractivity contribution in [3.63, 3.8) is 0 Å². The molecule has 1 aliphatic rings. The smallest absolute Gasteiger partial charge is 0.227 e. The summed E-state index contributed by atoms with van der Waals surface area (Å²) in [6.45, 7) is 5.00. The summed E-state index contributed by atoms with van der Waals surface area (Å²) in [6, 6.07) is 0. The minimum Gasteiger partial charge on any atom is -0.386 e. The molecule has 1 N–H and O–H groups in total. The number of amides is 1. The number of carbonyl (C=O) groups is 1. The van der Waals surface area contributed by atoms with Crippen molar-refractivity contribution >= 4 is 11.7 Å². The third kappa shape index (κ3) is 3.79. The van der Waals surface area contributed by atoms with Crippen molar-refractivity contribution in [3.8, 4) is 0 Å². The first-order valence-corrected chi connectivity index (χ1v) is 8.27. The van der Waals surface area contributed by atoms with Crippen molar-refractivity contribution in [2.24, 2.45) is 0 Å². The van der Waals surface area contributed by atoms with Gasteiger partial charge in [-0.05, 0) is 20.3 Å². The highest BCUT2D eigenvalue weighted by Gasteiger charge is 2.38. The molecule has 25 heavy (non-hydrogen) atoms. The van der Waals surface area contributed by atoms with E-state index in [1.165, 1.54) is 0 Å². The summed E-state index contributed by atoms with van der Waals surface area (Å²) in [5.74, 6) is 1.33. The SMILES string of the molecule is Cc1noc(C)c1CC(=O)N(C)C[C@@]1(O)CCN(c2cnccn2)C1. The Morgan fingerprint density at radius 3 is 2.88 bits per heavy atom. The van der Waals surface area contributed by atoms with Crippen molar-refractivity contribution < 1.29 is 14.4 Å². The molecular weight excluding hydrogens is 322 g/mol. The van der Waals surface area contributed by atoms with E-state index in [9.17, 15) is 9.90 Å². The van der Waals surface area contributed by atoms with E-state index in [2.05, 4.69) is 15.1 Å². The molecule has 0 saturated carbocycles. The quantitative estimate of drug-likeness (QED) is 0.853. The maximum absolute atomic E-state index is 12.5. The standard InChI is InChI=1S/C17H23N5O3/c1-12-14(13(2)25-20-12)8-16(23)21(3)10-17(24)4-7-22(11-17)15-9-18-5-6-19-15/h5-6,9,24H,4,7-8,10-11H2,1-3H3/t17-/m0/s1. The average Bonchev–Trinajstić information content (AvgIpc) is 3.13. The highest BCUT2D eigenvalue weighted by molar-refractivity contribution is 5.79. The van der Waals surface area contributed by atoms with Crippen LogP contribution in [0.4, 0.5) is 5.82 Å². The zero-order valence-corrected chi connectivity index (χ0v) is 14.8. The van der Waals surface area contributed by atoms with Crippen molar-refractivity contribution in [3.05, 3.63) is 35.6 Å². The number of anilines is 1. The van der Waals surface area contributed by atoms with Crippen LogP contribution in [0.2, 0.25) is 0 Å². The first kappa shape index (κ1) is 17.3. The molecule has 3 heterocycles. The maximum atomic E-state index is 12.5. The van der Waals surface area contributed by atoms with Gasteiger partial charge in [-0.2, -0.15) is 0 Å². The Balaban J connectivity index is 1.60. The van der Waals surface area contributed by atoms with Crippen LogP contribution in [0.1, 0.15) is 23.4 Å². The number of nitrogens with zero attached hydrogens (tertiary/aromatic N) is 5. The molecule has 8 heteroatoms. The predicted octanol–water partition coefficient (Wildman–Crippen LogP) is 0.724. The third-order valence-corrected chi connectivity index (χ3v) is 4.67. The monoisotopic (exact) mass is 345 g/mol. The fourth-order valence-corrected chi connectivity index (χ4v) is 3.21. The zero-order chi connectivity index (χ0) is 18.0. The molecule has 2 aromatic heterocycles. The van der Waals surface area contributed by atoms with Gasteiger partial charge in [0.2, 0.25) is 5.91 Å². The van der Waals surface area contributed by atoms with E-state index >= 15 is 0 Å². The van der Waals surface area contributed by atoms with Crippen LogP contribution in [-0.2, 0) is 11.2 Å². The van der Waals surface area contributed by atoms with Crippen LogP contribution in [0.3, 0.4) is 0 Å². The average molecular weight is 345 g/mol. The lowest BCUT2D eigenvalue weighted by Gasteiger charge is -2.29. The van der Waals surface area contributed by atoms with Crippen LogP contribution in [0.5, 0.6) is 0 Å². The molecule has 0 aliphatic carbocycles. The number of carbonyl (C=O) groups excluding carboxylic acids is 1. The normalized spacial score (nSPS) is 20.1. The third-order valence-electron chi connectivity index (χ3n) is 4.67. The summed E-state index contributed by atoms with van der Waals surface area (Å²) < 4.78 is 5.10. The van der Waals surface area contributed by atoms with Crippen molar-refractivity contribution in [2.45, 2.75) is 32.3 Å². The predicted molar refractivity (Wildman–Crippen MR) is 91.1 cm³/mol. The summed E-state index contributed by atoms with van der Waals surface area (Å²) in [4.78, 5) is 24.4. The second kappa shape index (κ2) is 6.79. The number of aromatic nitrogens is 3. The van der Waals surface area contributed by atoms with Gasteiger partial charge in [0.25, 0.3) is 0 Å². The largest absolute Gasteiger partial charge is 0.386 e. The molecule has 1 aliphatic heterocycles. The molecule has 3 rings (SSSR count). The molecule has 0 aromatic carbocycles. The molecule has 1 amide bonds. The van der Waals surface area contributed by atoms with E-state index in [0.29, 0.717) is 25.3 Å². The van der Waals surface area contributed by atoms with Crippen LogP contribution in [0, 0.1) is 13.8 Å². The number of hydrogen-bond donors (Lipinski definition) is 1. The minimum absolute atomic E-state index is 0.0687. The summed E-state index contributed by atoms with van der Waals surface area (Å²) in [6.07, 6.45) is 5.73. The Labute approximate surface area is 146 Å². The summed E-state index contributed by atoms with van der Waals surface area (Å²) in [7, 11) is 1.71. The van der Waals surface area contributed by atoms with E-state index < -0.39 is 5.60 Å². The molecule has 1 saturated heterocycles. The van der Waals surface area contributed by atoms with Gasteiger partial charge >= 0.3 is 0 Å². The Morgan fingerprint density at radius 2 is 2.24 bits per heavy atom. The molecule has 134 valence electrons. The van der Waals surface area contributed by atoms with Crippen molar-refractivity contribution in [2.75, 3.05) is 31.6 Å². The molecule has 1 fully saturated rings. The van der Waals surface area contributed by atoms with Gasteiger partial charge < -0.3 is 19.4 Å². The second-order valence-electron chi connectivity index (χ2n) is 6.69. The van der Waals surface area contributed by atoms with Crippen LogP contribution in [-0.4, -0.2) is 63.3 Å². The lowest BCUT2D eigenvalue weighted by atomic mass is 10.0. The molecule has 0 spiro atoms. The second-order valence-corrected chi connectivity index (χ2v) is 6.69. The summed E-state index contributed by atoms with van der Waals surface area (Å²) >= 11 is 0. The van der Waals surface area contributed by atoms with Gasteiger partial charge in [-0.1, -0.05) is 5.16 Å². The van der Waals surface area contributed by atoms with Gasteiger partial charge in [0.1, 0.15) is 17.2 Å². The Bertz CT molecular complexity index is 728. The van der Waals surface area contributed by atoms with E-state index in [4.69, 9.17) is 4.52 Å². The Hall–Kier alpha value is -2.48. The van der Waals surface area contributed by atoms with Crippen LogP contribution in [0.25, 0.3) is 0 Å². The molecular formula is C17H23N5O3. The van der Waals surface area contributed by atoms with Gasteiger partial charge in [0, 0.05) is 38.1 Å². The van der Waals surface area contributed by atoms with Gasteiger partial charge in [0.05, 0.1) is 24.9 Å². The Morgan fingerprint density at radius 1 is 1.44 bits per heavy atom. The number of β-amino-alcohol motifs (C(OH)–C–C–N with tert-alkyl or cyclic N) is 1.